The Kier molecular flexibility index (Phi) is 1.84. The van der Waals surface area contributed by atoms with Gasteiger partial charge in [0.25, 0.3) is 0 Å². The van der Waals surface area contributed by atoms with Crippen molar-refractivity contribution >= 4 is 34.2 Å². The minimum absolute atomic E-state index is 0.754. The van der Waals surface area contributed by atoms with Gasteiger partial charge in [0.1, 0.15) is 4.70 Å². The zero-order valence-electron chi connectivity index (χ0n) is 5.90. The molecule has 0 aliphatic carbocycles. The van der Waals surface area contributed by atoms with E-state index in [1.165, 1.54) is 10.2 Å². The maximum Gasteiger partial charge on any atom is 0.226 e. The number of benzene rings is 1. The lowest BCUT2D eigenvalue weighted by Crippen LogP contribution is -2.27. The van der Waals surface area contributed by atoms with Crippen LogP contribution in [0.2, 0.25) is 0 Å². The number of hydrogen-bond donors (Lipinski definition) is 1. The Morgan fingerprint density at radius 1 is 1.36 bits per heavy atom. The lowest BCUT2D eigenvalue weighted by Gasteiger charge is -1.85. The van der Waals surface area contributed by atoms with Gasteiger partial charge in [0.2, 0.25) is 11.0 Å². The van der Waals surface area contributed by atoms with Gasteiger partial charge < -0.3 is 0 Å². The average molecular weight is 182 g/mol. The summed E-state index contributed by atoms with van der Waals surface area (Å²) >= 11 is 5.97. The highest BCUT2D eigenvalue weighted by molar-refractivity contribution is 7.78. The summed E-state index contributed by atoms with van der Waals surface area (Å²) in [5.41, 5.74) is 3.37. The zero-order chi connectivity index (χ0) is 7.68. The van der Waals surface area contributed by atoms with Crippen LogP contribution in [0.4, 0.5) is 0 Å². The molecule has 2 rings (SSSR count). The molecule has 2 aromatic rings. The molecule has 0 radical (unpaired) electrons. The highest BCUT2D eigenvalue weighted by atomic mass is 32.1. The molecule has 56 valence electrons. The Balaban J connectivity index is 2.76. The van der Waals surface area contributed by atoms with Gasteiger partial charge in [0, 0.05) is 6.07 Å². The van der Waals surface area contributed by atoms with Crippen LogP contribution in [0, 0.1) is 0 Å². The normalized spacial score (nSPS) is 10.6. The molecular formula is C8H8NS2+. The zero-order valence-corrected chi connectivity index (χ0v) is 7.61. The predicted molar refractivity (Wildman–Crippen MR) is 51.0 cm³/mol. The molecule has 1 aromatic heterocycles. The largest absolute Gasteiger partial charge is 0.226 e. The molecule has 11 heavy (non-hydrogen) atoms. The number of aromatic nitrogens is 1. The van der Waals surface area contributed by atoms with Crippen LogP contribution in [0.15, 0.2) is 29.8 Å². The second-order valence-electron chi connectivity index (χ2n) is 2.30. The lowest BCUT2D eigenvalue weighted by atomic mass is 10.3. The van der Waals surface area contributed by atoms with E-state index in [0.717, 1.165) is 5.88 Å². The van der Waals surface area contributed by atoms with Gasteiger partial charge >= 0.3 is 0 Å². The molecule has 3 heteroatoms. The van der Waals surface area contributed by atoms with Crippen LogP contribution in [0.1, 0.15) is 0 Å². The SMILES string of the molecule is SC[n+]1csc2ccccc21. The summed E-state index contributed by atoms with van der Waals surface area (Å²) in [5, 5.41) is 0. The summed E-state index contributed by atoms with van der Waals surface area (Å²) in [4.78, 5) is 0. The van der Waals surface area contributed by atoms with E-state index < -0.39 is 0 Å². The van der Waals surface area contributed by atoms with Gasteiger partial charge in [-0.1, -0.05) is 23.5 Å². The number of thiazole rings is 1. The Labute approximate surface area is 74.7 Å². The van der Waals surface area contributed by atoms with Crippen molar-refractivity contribution < 1.29 is 4.57 Å². The topological polar surface area (TPSA) is 3.88 Å². The summed E-state index contributed by atoms with van der Waals surface area (Å²) < 4.78 is 3.45. The van der Waals surface area contributed by atoms with Gasteiger partial charge in [0.15, 0.2) is 5.88 Å². The summed E-state index contributed by atoms with van der Waals surface area (Å²) in [6.45, 7) is 0. The van der Waals surface area contributed by atoms with Crippen molar-refractivity contribution in [3.63, 3.8) is 0 Å². The first kappa shape index (κ1) is 7.13. The second-order valence-corrected chi connectivity index (χ2v) is 3.47. The highest BCUT2D eigenvalue weighted by Gasteiger charge is 2.06. The molecule has 0 saturated heterocycles. The number of nitrogens with zero attached hydrogens (tertiary/aromatic N) is 1. The molecule has 1 heterocycles. The van der Waals surface area contributed by atoms with Crippen LogP contribution in [-0.2, 0) is 5.88 Å². The quantitative estimate of drug-likeness (QED) is 0.508. The third-order valence-corrected chi connectivity index (χ3v) is 2.90. The third kappa shape index (κ3) is 1.14. The van der Waals surface area contributed by atoms with Crippen LogP contribution in [0.3, 0.4) is 0 Å². The second kappa shape index (κ2) is 2.83. The van der Waals surface area contributed by atoms with Crippen molar-refractivity contribution in [2.75, 3.05) is 0 Å². The minimum Gasteiger partial charge on any atom is -0.179 e. The van der Waals surface area contributed by atoms with Crippen molar-refractivity contribution in [2.24, 2.45) is 0 Å². The molecule has 0 aliphatic heterocycles. The monoisotopic (exact) mass is 182 g/mol. The van der Waals surface area contributed by atoms with Crippen LogP contribution >= 0.6 is 24.0 Å². The summed E-state index contributed by atoms with van der Waals surface area (Å²) in [5.74, 6) is 0.754. The molecule has 1 nitrogen and oxygen atoms in total. The van der Waals surface area contributed by atoms with Crippen molar-refractivity contribution in [3.05, 3.63) is 29.8 Å². The number of hydrogen-bond acceptors (Lipinski definition) is 2. The molecule has 0 aliphatic rings. The molecule has 0 amide bonds. The summed E-state index contributed by atoms with van der Waals surface area (Å²) in [6, 6.07) is 8.35. The first-order chi connectivity index (χ1) is 5.42. The Morgan fingerprint density at radius 3 is 3.00 bits per heavy atom. The first-order valence-corrected chi connectivity index (χ1v) is 4.89. The van der Waals surface area contributed by atoms with E-state index in [-0.39, 0.29) is 0 Å². The molecule has 0 bridgehead atoms. The van der Waals surface area contributed by atoms with Gasteiger partial charge in [-0.3, -0.25) is 0 Å². The predicted octanol–water partition coefficient (Wildman–Crippen LogP) is 2.08. The van der Waals surface area contributed by atoms with Crippen LogP contribution in [0.5, 0.6) is 0 Å². The van der Waals surface area contributed by atoms with Gasteiger partial charge in [-0.25, -0.2) is 0 Å². The first-order valence-electron chi connectivity index (χ1n) is 3.38. The molecule has 0 atom stereocenters. The highest BCUT2D eigenvalue weighted by Crippen LogP contribution is 2.14. The Morgan fingerprint density at radius 2 is 2.18 bits per heavy atom. The van der Waals surface area contributed by atoms with Crippen LogP contribution in [-0.4, -0.2) is 0 Å². The Hall–Kier alpha value is -0.540. The fraction of sp³-hybridized carbons (Fsp3) is 0.125. The van der Waals surface area contributed by atoms with E-state index >= 15 is 0 Å². The maximum atomic E-state index is 4.22. The van der Waals surface area contributed by atoms with Crippen molar-refractivity contribution in [1.29, 1.82) is 0 Å². The van der Waals surface area contributed by atoms with E-state index in [1.807, 2.05) is 0 Å². The molecule has 0 fully saturated rings. The number of thiol groups is 1. The fourth-order valence-electron chi connectivity index (χ4n) is 1.08. The minimum atomic E-state index is 0.754. The molecule has 0 unspecified atom stereocenters. The summed E-state index contributed by atoms with van der Waals surface area (Å²) in [6.07, 6.45) is 0. The smallest absolute Gasteiger partial charge is 0.179 e. The van der Waals surface area contributed by atoms with Crippen molar-refractivity contribution in [2.45, 2.75) is 5.88 Å². The number of rotatable bonds is 1. The average Bonchev–Trinajstić information content (AvgIpc) is 2.47. The van der Waals surface area contributed by atoms with E-state index in [4.69, 9.17) is 0 Å². The molecule has 0 N–H and O–H groups in total. The fourth-order valence-corrected chi connectivity index (χ4v) is 2.32. The molecule has 0 spiro atoms. The van der Waals surface area contributed by atoms with Gasteiger partial charge in [0.05, 0.1) is 0 Å². The number of para-hydroxylation sites is 1. The van der Waals surface area contributed by atoms with E-state index in [9.17, 15) is 0 Å². The van der Waals surface area contributed by atoms with Gasteiger partial charge in [-0.05, 0) is 6.07 Å². The van der Waals surface area contributed by atoms with E-state index in [0.29, 0.717) is 0 Å². The van der Waals surface area contributed by atoms with E-state index in [2.05, 4.69) is 47.0 Å². The van der Waals surface area contributed by atoms with Crippen LogP contribution in [0.25, 0.3) is 10.2 Å². The lowest BCUT2D eigenvalue weighted by molar-refractivity contribution is -0.644. The standard InChI is InChI=1S/C8H7NS2/c10-5-9-6-11-8-4-2-1-3-7(8)9/h1-4,6H,5H2/p+1. The maximum absolute atomic E-state index is 4.22. The summed E-state index contributed by atoms with van der Waals surface area (Å²) in [7, 11) is 0. The third-order valence-electron chi connectivity index (χ3n) is 1.63. The van der Waals surface area contributed by atoms with Gasteiger partial charge in [-0.15, -0.1) is 12.6 Å². The molecular weight excluding hydrogens is 174 g/mol. The number of fused-ring (bicyclic) bond motifs is 1. The van der Waals surface area contributed by atoms with Crippen LogP contribution < -0.4 is 4.57 Å². The van der Waals surface area contributed by atoms with Crippen molar-refractivity contribution in [1.82, 2.24) is 0 Å². The van der Waals surface area contributed by atoms with Crippen molar-refractivity contribution in [3.8, 4) is 0 Å². The van der Waals surface area contributed by atoms with E-state index in [1.54, 1.807) is 11.3 Å². The Bertz CT molecular complexity index is 367. The molecule has 0 saturated carbocycles. The molecule has 1 aromatic carbocycles. The van der Waals surface area contributed by atoms with Gasteiger partial charge in [-0.2, -0.15) is 4.57 Å².